The fraction of sp³-hybridized carbons (Fsp3) is 0.667. The van der Waals surface area contributed by atoms with Gasteiger partial charge in [0.15, 0.2) is 0 Å². The first-order chi connectivity index (χ1) is 10.3. The summed E-state index contributed by atoms with van der Waals surface area (Å²) in [5.41, 5.74) is 1.39. The molecule has 0 bridgehead atoms. The molecule has 0 aromatic heterocycles. The van der Waals surface area contributed by atoms with E-state index in [1.165, 1.54) is 44.1 Å². The quantitative estimate of drug-likeness (QED) is 0.585. The van der Waals surface area contributed by atoms with Crippen molar-refractivity contribution in [2.45, 2.75) is 44.4 Å². The Kier molecular flexibility index (Phi) is 7.56. The molecule has 1 N–H and O–H groups in total. The van der Waals surface area contributed by atoms with Gasteiger partial charge in [-0.2, -0.15) is 0 Å². The summed E-state index contributed by atoms with van der Waals surface area (Å²) in [6, 6.07) is 8.43. The summed E-state index contributed by atoms with van der Waals surface area (Å²) in [4.78, 5) is 0. The molecular weight excluding hydrogens is 282 g/mol. The normalized spacial score (nSPS) is 18.4. The van der Waals surface area contributed by atoms with Crippen LogP contribution in [0.2, 0.25) is 5.02 Å². The van der Waals surface area contributed by atoms with Crippen LogP contribution >= 0.6 is 11.6 Å². The van der Waals surface area contributed by atoms with Gasteiger partial charge in [0.1, 0.15) is 0 Å². The zero-order chi connectivity index (χ0) is 14.9. The molecule has 0 spiro atoms. The molecule has 1 unspecified atom stereocenters. The van der Waals surface area contributed by atoms with Crippen molar-refractivity contribution < 1.29 is 4.74 Å². The van der Waals surface area contributed by atoms with Crippen LogP contribution in [0.25, 0.3) is 0 Å². The van der Waals surface area contributed by atoms with E-state index in [0.29, 0.717) is 5.92 Å². The minimum Gasteiger partial charge on any atom is -0.383 e. The smallest absolute Gasteiger partial charge is 0.0587 e. The minimum absolute atomic E-state index is 0.568. The molecule has 1 saturated carbocycles. The van der Waals surface area contributed by atoms with Crippen LogP contribution < -0.4 is 5.32 Å². The summed E-state index contributed by atoms with van der Waals surface area (Å²) < 4.78 is 5.13. The van der Waals surface area contributed by atoms with Gasteiger partial charge in [-0.3, -0.25) is 0 Å². The third-order valence-corrected chi connectivity index (χ3v) is 4.83. The Morgan fingerprint density at radius 1 is 1.24 bits per heavy atom. The topological polar surface area (TPSA) is 21.3 Å². The van der Waals surface area contributed by atoms with Gasteiger partial charge in [0.2, 0.25) is 0 Å². The minimum atomic E-state index is 0.568. The number of hydrogen-bond acceptors (Lipinski definition) is 2. The van der Waals surface area contributed by atoms with Crippen LogP contribution in [0.1, 0.15) is 50.0 Å². The van der Waals surface area contributed by atoms with Crippen molar-refractivity contribution in [3.8, 4) is 0 Å². The Morgan fingerprint density at radius 3 is 2.67 bits per heavy atom. The van der Waals surface area contributed by atoms with E-state index in [0.717, 1.165) is 30.6 Å². The average molecular weight is 310 g/mol. The predicted octanol–water partition coefficient (Wildman–Crippen LogP) is 4.63. The summed E-state index contributed by atoms with van der Waals surface area (Å²) in [6.07, 6.45) is 8.25. The van der Waals surface area contributed by atoms with Crippen molar-refractivity contribution in [1.82, 2.24) is 5.32 Å². The standard InChI is InChI=1S/C18H28ClNO/c1-21-12-11-20-14-18(15-7-4-2-3-5-8-15)16-9-6-10-17(19)13-16/h6,9-10,13,15,18,20H,2-5,7-8,11-12,14H2,1H3. The highest BCUT2D eigenvalue weighted by Crippen LogP contribution is 2.35. The van der Waals surface area contributed by atoms with E-state index in [1.54, 1.807) is 7.11 Å². The first kappa shape index (κ1) is 16.8. The summed E-state index contributed by atoms with van der Waals surface area (Å²) >= 11 is 6.20. The van der Waals surface area contributed by atoms with Crippen molar-refractivity contribution in [2.75, 3.05) is 26.8 Å². The van der Waals surface area contributed by atoms with Gasteiger partial charge in [0.05, 0.1) is 6.61 Å². The Morgan fingerprint density at radius 2 is 2.00 bits per heavy atom. The van der Waals surface area contributed by atoms with E-state index in [9.17, 15) is 0 Å². The number of hydrogen-bond donors (Lipinski definition) is 1. The van der Waals surface area contributed by atoms with Crippen LogP contribution in [0.15, 0.2) is 24.3 Å². The van der Waals surface area contributed by atoms with Gasteiger partial charge in [0.25, 0.3) is 0 Å². The Balaban J connectivity index is 2.05. The lowest BCUT2D eigenvalue weighted by Crippen LogP contribution is -2.29. The molecule has 1 aliphatic carbocycles. The average Bonchev–Trinajstić information content (AvgIpc) is 2.76. The lowest BCUT2D eigenvalue weighted by atomic mass is 9.81. The van der Waals surface area contributed by atoms with Gasteiger partial charge in [-0.25, -0.2) is 0 Å². The summed E-state index contributed by atoms with van der Waals surface area (Å²) in [7, 11) is 1.75. The molecule has 1 atom stereocenters. The molecule has 1 aromatic carbocycles. The van der Waals surface area contributed by atoms with Crippen LogP contribution in [0.5, 0.6) is 0 Å². The zero-order valence-electron chi connectivity index (χ0n) is 13.1. The lowest BCUT2D eigenvalue weighted by Gasteiger charge is -2.27. The van der Waals surface area contributed by atoms with E-state index in [-0.39, 0.29) is 0 Å². The van der Waals surface area contributed by atoms with Crippen molar-refractivity contribution in [3.63, 3.8) is 0 Å². The molecule has 3 heteroatoms. The number of ether oxygens (including phenoxy) is 1. The predicted molar refractivity (Wildman–Crippen MR) is 90.1 cm³/mol. The monoisotopic (exact) mass is 309 g/mol. The highest BCUT2D eigenvalue weighted by molar-refractivity contribution is 6.30. The maximum atomic E-state index is 6.20. The number of benzene rings is 1. The van der Waals surface area contributed by atoms with Crippen molar-refractivity contribution in [2.24, 2.45) is 5.92 Å². The SMILES string of the molecule is COCCNCC(c1cccc(Cl)c1)C1CCCCCC1. The molecule has 0 radical (unpaired) electrons. The van der Waals surface area contributed by atoms with Crippen LogP contribution in [0.3, 0.4) is 0 Å². The number of rotatable bonds is 7. The van der Waals surface area contributed by atoms with E-state index >= 15 is 0 Å². The van der Waals surface area contributed by atoms with E-state index in [1.807, 2.05) is 6.07 Å². The fourth-order valence-electron chi connectivity index (χ4n) is 3.44. The molecule has 0 aliphatic heterocycles. The van der Waals surface area contributed by atoms with Crippen LogP contribution in [0.4, 0.5) is 0 Å². The van der Waals surface area contributed by atoms with Gasteiger partial charge in [0, 0.05) is 25.2 Å². The van der Waals surface area contributed by atoms with Crippen LogP contribution in [-0.4, -0.2) is 26.8 Å². The first-order valence-electron chi connectivity index (χ1n) is 8.26. The second-order valence-electron chi connectivity index (χ2n) is 6.11. The Hall–Kier alpha value is -0.570. The van der Waals surface area contributed by atoms with E-state index < -0.39 is 0 Å². The largest absolute Gasteiger partial charge is 0.383 e. The maximum Gasteiger partial charge on any atom is 0.0587 e. The molecule has 118 valence electrons. The van der Waals surface area contributed by atoms with Crippen LogP contribution in [0, 0.1) is 5.92 Å². The fourth-order valence-corrected chi connectivity index (χ4v) is 3.64. The number of methoxy groups -OCH3 is 1. The first-order valence-corrected chi connectivity index (χ1v) is 8.64. The number of halogens is 1. The Bertz CT molecular complexity index is 402. The Labute approximate surface area is 134 Å². The maximum absolute atomic E-state index is 6.20. The van der Waals surface area contributed by atoms with E-state index in [2.05, 4.69) is 23.5 Å². The van der Waals surface area contributed by atoms with Gasteiger partial charge in [-0.05, 0) is 42.4 Å². The van der Waals surface area contributed by atoms with Crippen LogP contribution in [-0.2, 0) is 4.74 Å². The highest BCUT2D eigenvalue weighted by atomic mass is 35.5. The molecule has 21 heavy (non-hydrogen) atoms. The van der Waals surface area contributed by atoms with Gasteiger partial charge in [-0.1, -0.05) is 49.4 Å². The zero-order valence-corrected chi connectivity index (χ0v) is 13.9. The molecule has 1 fully saturated rings. The molecular formula is C18H28ClNO. The van der Waals surface area contributed by atoms with Crippen molar-refractivity contribution >= 4 is 11.6 Å². The molecule has 1 aromatic rings. The van der Waals surface area contributed by atoms with Crippen molar-refractivity contribution in [1.29, 1.82) is 0 Å². The molecule has 2 rings (SSSR count). The van der Waals surface area contributed by atoms with Gasteiger partial charge < -0.3 is 10.1 Å². The van der Waals surface area contributed by atoms with Crippen molar-refractivity contribution in [3.05, 3.63) is 34.9 Å². The highest BCUT2D eigenvalue weighted by Gasteiger charge is 2.24. The second kappa shape index (κ2) is 9.45. The molecule has 0 heterocycles. The molecule has 0 saturated heterocycles. The third kappa shape index (κ3) is 5.61. The van der Waals surface area contributed by atoms with E-state index in [4.69, 9.17) is 16.3 Å². The number of nitrogens with one attached hydrogen (secondary N) is 1. The summed E-state index contributed by atoms with van der Waals surface area (Å²) in [5.74, 6) is 1.35. The summed E-state index contributed by atoms with van der Waals surface area (Å²) in [5, 5.41) is 4.40. The second-order valence-corrected chi connectivity index (χ2v) is 6.55. The van der Waals surface area contributed by atoms with Gasteiger partial charge >= 0.3 is 0 Å². The van der Waals surface area contributed by atoms with Gasteiger partial charge in [-0.15, -0.1) is 0 Å². The molecule has 2 nitrogen and oxygen atoms in total. The third-order valence-electron chi connectivity index (χ3n) is 4.59. The molecule has 1 aliphatic rings. The molecule has 0 amide bonds. The summed E-state index contributed by atoms with van der Waals surface area (Å²) in [6.45, 7) is 2.71. The lowest BCUT2D eigenvalue weighted by molar-refractivity contribution is 0.197.